The van der Waals surface area contributed by atoms with Crippen LogP contribution in [0.5, 0.6) is 5.75 Å². The van der Waals surface area contributed by atoms with Crippen molar-refractivity contribution >= 4 is 17.7 Å². The number of ether oxygens (including phenoxy) is 1. The lowest BCUT2D eigenvalue weighted by atomic mass is 9.85. The molecule has 1 fully saturated rings. The largest absolute Gasteiger partial charge is 0.497 e. The number of carbonyl (C=O) groups excluding carboxylic acids is 1. The molecule has 2 aromatic carbocycles. The minimum absolute atomic E-state index is 0.138. The van der Waals surface area contributed by atoms with Gasteiger partial charge in [0.25, 0.3) is 0 Å². The van der Waals surface area contributed by atoms with Crippen molar-refractivity contribution in [3.05, 3.63) is 66.0 Å². The lowest BCUT2D eigenvalue weighted by molar-refractivity contribution is -0.130. The van der Waals surface area contributed by atoms with Crippen molar-refractivity contribution < 1.29 is 9.53 Å². The molecule has 0 saturated heterocycles. The summed E-state index contributed by atoms with van der Waals surface area (Å²) in [6, 6.07) is 18.0. The van der Waals surface area contributed by atoms with Crippen LogP contribution in [0, 0.1) is 12.8 Å². The van der Waals surface area contributed by atoms with Crippen molar-refractivity contribution in [2.45, 2.75) is 37.9 Å². The van der Waals surface area contributed by atoms with Gasteiger partial charge in [0.15, 0.2) is 5.16 Å². The molecule has 31 heavy (non-hydrogen) atoms. The highest BCUT2D eigenvalue weighted by atomic mass is 32.2. The maximum absolute atomic E-state index is 13.2. The molecule has 0 spiro atoms. The summed E-state index contributed by atoms with van der Waals surface area (Å²) in [6.45, 7) is 3.39. The van der Waals surface area contributed by atoms with E-state index in [0.717, 1.165) is 29.4 Å². The van der Waals surface area contributed by atoms with E-state index in [1.165, 1.54) is 31.0 Å². The van der Waals surface area contributed by atoms with Gasteiger partial charge in [0, 0.05) is 19.2 Å². The third-order valence-corrected chi connectivity index (χ3v) is 6.62. The fraction of sp³-hybridized carbons (Fsp3) is 0.375. The van der Waals surface area contributed by atoms with E-state index in [9.17, 15) is 4.79 Å². The van der Waals surface area contributed by atoms with E-state index < -0.39 is 0 Å². The standard InChI is InChI=1S/C24H28N4O2S/c1-18-25-26-24(28(18)21-12-7-13-22(14-21)30-2)31-17-23(29)27(16-20-10-6-11-20)15-19-8-4-3-5-9-19/h3-5,7-9,12-14,20H,6,10-11,15-17H2,1-2H3. The number of rotatable bonds is 9. The Morgan fingerprint density at radius 3 is 2.68 bits per heavy atom. The Morgan fingerprint density at radius 2 is 1.97 bits per heavy atom. The van der Waals surface area contributed by atoms with Crippen molar-refractivity contribution in [3.8, 4) is 11.4 Å². The second-order valence-corrected chi connectivity index (χ2v) is 8.85. The van der Waals surface area contributed by atoms with Gasteiger partial charge in [-0.25, -0.2) is 0 Å². The first-order valence-corrected chi connectivity index (χ1v) is 11.6. The molecule has 1 aliphatic carbocycles. The van der Waals surface area contributed by atoms with Crippen LogP contribution in [-0.2, 0) is 11.3 Å². The van der Waals surface area contributed by atoms with Gasteiger partial charge < -0.3 is 9.64 Å². The smallest absolute Gasteiger partial charge is 0.233 e. The van der Waals surface area contributed by atoms with Crippen LogP contribution in [0.1, 0.15) is 30.7 Å². The summed E-state index contributed by atoms with van der Waals surface area (Å²) in [5.74, 6) is 2.65. The van der Waals surface area contributed by atoms with Crippen molar-refractivity contribution in [1.82, 2.24) is 19.7 Å². The van der Waals surface area contributed by atoms with Crippen molar-refractivity contribution in [1.29, 1.82) is 0 Å². The molecule has 0 aliphatic heterocycles. The molecule has 0 atom stereocenters. The van der Waals surface area contributed by atoms with E-state index in [4.69, 9.17) is 4.74 Å². The van der Waals surface area contributed by atoms with Crippen LogP contribution < -0.4 is 4.74 Å². The molecular formula is C24H28N4O2S. The number of hydrogen-bond donors (Lipinski definition) is 0. The highest BCUT2D eigenvalue weighted by Crippen LogP contribution is 2.29. The fourth-order valence-electron chi connectivity index (χ4n) is 3.75. The molecule has 0 unspecified atom stereocenters. The van der Waals surface area contributed by atoms with Crippen molar-refractivity contribution in [3.63, 3.8) is 0 Å². The van der Waals surface area contributed by atoms with Crippen LogP contribution in [0.4, 0.5) is 0 Å². The van der Waals surface area contributed by atoms with Crippen LogP contribution in [-0.4, -0.2) is 45.0 Å². The van der Waals surface area contributed by atoms with Gasteiger partial charge in [0.1, 0.15) is 11.6 Å². The Bertz CT molecular complexity index is 1020. The van der Waals surface area contributed by atoms with Gasteiger partial charge in [0.05, 0.1) is 18.6 Å². The number of aryl methyl sites for hydroxylation is 1. The number of thioether (sulfide) groups is 1. The normalized spacial score (nSPS) is 13.6. The van der Waals surface area contributed by atoms with E-state index in [1.54, 1.807) is 7.11 Å². The molecule has 1 aromatic heterocycles. The highest BCUT2D eigenvalue weighted by Gasteiger charge is 2.24. The molecule has 0 N–H and O–H groups in total. The Labute approximate surface area is 187 Å². The molecule has 7 heteroatoms. The third-order valence-electron chi connectivity index (χ3n) is 5.70. The number of hydrogen-bond acceptors (Lipinski definition) is 5. The molecular weight excluding hydrogens is 408 g/mol. The van der Waals surface area contributed by atoms with Gasteiger partial charge in [-0.15, -0.1) is 10.2 Å². The monoisotopic (exact) mass is 436 g/mol. The molecule has 4 rings (SSSR count). The van der Waals surface area contributed by atoms with Gasteiger partial charge in [-0.05, 0) is 43.4 Å². The predicted octanol–water partition coefficient (Wildman–Crippen LogP) is 4.51. The van der Waals surface area contributed by atoms with Crippen LogP contribution in [0.3, 0.4) is 0 Å². The van der Waals surface area contributed by atoms with E-state index in [1.807, 2.05) is 58.9 Å². The van der Waals surface area contributed by atoms with Crippen LogP contribution in [0.15, 0.2) is 59.8 Å². The topological polar surface area (TPSA) is 60.2 Å². The van der Waals surface area contributed by atoms with Gasteiger partial charge in [-0.1, -0.05) is 54.6 Å². The van der Waals surface area contributed by atoms with Gasteiger partial charge in [0.2, 0.25) is 5.91 Å². The molecule has 6 nitrogen and oxygen atoms in total. The number of methoxy groups -OCH3 is 1. The Hall–Kier alpha value is -2.80. The quantitative estimate of drug-likeness (QED) is 0.462. The average Bonchev–Trinajstić information content (AvgIpc) is 3.14. The van der Waals surface area contributed by atoms with E-state index in [2.05, 4.69) is 22.3 Å². The first-order chi connectivity index (χ1) is 15.1. The average molecular weight is 437 g/mol. The summed E-state index contributed by atoms with van der Waals surface area (Å²) in [4.78, 5) is 15.2. The fourth-order valence-corrected chi connectivity index (χ4v) is 4.65. The summed E-state index contributed by atoms with van der Waals surface area (Å²) in [6.07, 6.45) is 3.71. The minimum Gasteiger partial charge on any atom is -0.497 e. The second kappa shape index (κ2) is 10.0. The molecule has 0 radical (unpaired) electrons. The van der Waals surface area contributed by atoms with E-state index in [0.29, 0.717) is 23.4 Å². The molecule has 3 aromatic rings. The second-order valence-electron chi connectivity index (χ2n) is 7.91. The Morgan fingerprint density at radius 1 is 1.16 bits per heavy atom. The Balaban J connectivity index is 1.47. The van der Waals surface area contributed by atoms with Gasteiger partial charge in [-0.3, -0.25) is 9.36 Å². The first-order valence-electron chi connectivity index (χ1n) is 10.6. The molecule has 1 saturated carbocycles. The summed E-state index contributed by atoms with van der Waals surface area (Å²) in [7, 11) is 1.65. The minimum atomic E-state index is 0.138. The predicted molar refractivity (Wildman–Crippen MR) is 123 cm³/mol. The molecule has 1 amide bonds. The zero-order valence-corrected chi connectivity index (χ0v) is 18.8. The maximum atomic E-state index is 13.2. The molecule has 1 aliphatic rings. The number of amides is 1. The van der Waals surface area contributed by atoms with E-state index >= 15 is 0 Å². The number of nitrogens with zero attached hydrogens (tertiary/aromatic N) is 4. The van der Waals surface area contributed by atoms with Gasteiger partial charge >= 0.3 is 0 Å². The van der Waals surface area contributed by atoms with Crippen LogP contribution in [0.2, 0.25) is 0 Å². The summed E-state index contributed by atoms with van der Waals surface area (Å²) in [5.41, 5.74) is 2.09. The lowest BCUT2D eigenvalue weighted by Crippen LogP contribution is -2.38. The zero-order valence-electron chi connectivity index (χ0n) is 18.0. The summed E-state index contributed by atoms with van der Waals surface area (Å²) in [5, 5.41) is 9.26. The van der Waals surface area contributed by atoms with Crippen LogP contribution >= 0.6 is 11.8 Å². The maximum Gasteiger partial charge on any atom is 0.233 e. The number of benzene rings is 2. The van der Waals surface area contributed by atoms with Crippen LogP contribution in [0.25, 0.3) is 5.69 Å². The summed E-state index contributed by atoms with van der Waals surface area (Å²) < 4.78 is 7.32. The molecule has 0 bridgehead atoms. The third kappa shape index (κ3) is 5.28. The van der Waals surface area contributed by atoms with E-state index in [-0.39, 0.29) is 5.91 Å². The highest BCUT2D eigenvalue weighted by molar-refractivity contribution is 7.99. The van der Waals surface area contributed by atoms with Crippen molar-refractivity contribution in [2.75, 3.05) is 19.4 Å². The number of aromatic nitrogens is 3. The summed E-state index contributed by atoms with van der Waals surface area (Å²) >= 11 is 1.43. The zero-order chi connectivity index (χ0) is 21.6. The number of carbonyl (C=O) groups is 1. The van der Waals surface area contributed by atoms with Crippen molar-refractivity contribution in [2.24, 2.45) is 5.92 Å². The molecule has 162 valence electrons. The Kier molecular flexibility index (Phi) is 6.92. The first kappa shape index (κ1) is 21.4. The van der Waals surface area contributed by atoms with Gasteiger partial charge in [-0.2, -0.15) is 0 Å². The molecule has 1 heterocycles. The SMILES string of the molecule is COc1cccc(-n2c(C)nnc2SCC(=O)N(Cc2ccccc2)CC2CCC2)c1. The lowest BCUT2D eigenvalue weighted by Gasteiger charge is -2.32.